The van der Waals surface area contributed by atoms with Gasteiger partial charge in [-0.3, -0.25) is 14.5 Å². The van der Waals surface area contributed by atoms with Crippen LogP contribution in [0.1, 0.15) is 45.1 Å². The molecule has 1 atom stereocenters. The molecule has 1 saturated carbocycles. The molecule has 1 aromatic heterocycles. The summed E-state index contributed by atoms with van der Waals surface area (Å²) in [5.41, 5.74) is 2.20. The van der Waals surface area contributed by atoms with Crippen LogP contribution in [0, 0.1) is 5.92 Å². The van der Waals surface area contributed by atoms with E-state index in [4.69, 9.17) is 0 Å². The van der Waals surface area contributed by atoms with Gasteiger partial charge in [0.05, 0.1) is 5.69 Å². The Morgan fingerprint density at radius 2 is 2.03 bits per heavy atom. The number of urea groups is 1. The highest BCUT2D eigenvalue weighted by atomic mass is 32.1. The summed E-state index contributed by atoms with van der Waals surface area (Å²) in [6, 6.07) is 7.79. The van der Waals surface area contributed by atoms with Gasteiger partial charge < -0.3 is 10.6 Å². The highest BCUT2D eigenvalue weighted by Crippen LogP contribution is 2.42. The second-order valence-electron chi connectivity index (χ2n) is 8.18. The summed E-state index contributed by atoms with van der Waals surface area (Å²) in [4.78, 5) is 42.7. The van der Waals surface area contributed by atoms with Gasteiger partial charge in [-0.1, -0.05) is 37.6 Å². The van der Waals surface area contributed by atoms with E-state index in [1.807, 2.05) is 17.5 Å². The first-order valence-corrected chi connectivity index (χ1v) is 11.3. The predicted molar refractivity (Wildman–Crippen MR) is 116 cm³/mol. The number of aromatic nitrogens is 1. The molecule has 1 saturated heterocycles. The molecule has 1 unspecified atom stereocenters. The van der Waals surface area contributed by atoms with Crippen molar-refractivity contribution in [3.63, 3.8) is 0 Å². The van der Waals surface area contributed by atoms with Gasteiger partial charge in [-0.25, -0.2) is 9.78 Å². The SMILES string of the molecule is CCCCc1ccc(-c2csc(NC(=O)CN3C(=O)NC(C)(C4CC4)C3=O)n2)cc1. The number of nitrogens with zero attached hydrogens (tertiary/aromatic N) is 2. The largest absolute Gasteiger partial charge is 0.325 e. The summed E-state index contributed by atoms with van der Waals surface area (Å²) in [6.45, 7) is 3.61. The zero-order valence-electron chi connectivity index (χ0n) is 17.2. The minimum atomic E-state index is -0.880. The fourth-order valence-corrected chi connectivity index (χ4v) is 4.52. The molecule has 1 aliphatic heterocycles. The van der Waals surface area contributed by atoms with Crippen LogP contribution in [-0.2, 0) is 16.0 Å². The van der Waals surface area contributed by atoms with E-state index in [2.05, 4.69) is 34.7 Å². The van der Waals surface area contributed by atoms with Crippen molar-refractivity contribution in [3.05, 3.63) is 35.2 Å². The zero-order valence-corrected chi connectivity index (χ0v) is 18.1. The minimum absolute atomic E-state index is 0.164. The van der Waals surface area contributed by atoms with E-state index in [0.717, 1.165) is 35.4 Å². The summed E-state index contributed by atoms with van der Waals surface area (Å²) in [5.74, 6) is -0.598. The summed E-state index contributed by atoms with van der Waals surface area (Å²) < 4.78 is 0. The van der Waals surface area contributed by atoms with Crippen molar-refractivity contribution in [2.24, 2.45) is 5.92 Å². The van der Waals surface area contributed by atoms with Gasteiger partial charge in [0.1, 0.15) is 12.1 Å². The van der Waals surface area contributed by atoms with E-state index in [9.17, 15) is 14.4 Å². The van der Waals surface area contributed by atoms with Crippen molar-refractivity contribution in [2.45, 2.75) is 51.5 Å². The van der Waals surface area contributed by atoms with Gasteiger partial charge >= 0.3 is 6.03 Å². The molecule has 0 radical (unpaired) electrons. The lowest BCUT2D eigenvalue weighted by Crippen LogP contribution is -2.46. The number of unbranched alkanes of at least 4 members (excludes halogenated alkanes) is 1. The molecule has 1 aliphatic carbocycles. The average molecular weight is 427 g/mol. The second kappa shape index (κ2) is 8.18. The van der Waals surface area contributed by atoms with Gasteiger partial charge in [0.2, 0.25) is 5.91 Å². The van der Waals surface area contributed by atoms with E-state index in [1.165, 1.54) is 29.7 Å². The molecule has 2 heterocycles. The molecule has 30 heavy (non-hydrogen) atoms. The van der Waals surface area contributed by atoms with Crippen LogP contribution in [0.4, 0.5) is 9.93 Å². The highest BCUT2D eigenvalue weighted by molar-refractivity contribution is 7.14. The predicted octanol–water partition coefficient (Wildman–Crippen LogP) is 3.81. The fraction of sp³-hybridized carbons (Fsp3) is 0.455. The van der Waals surface area contributed by atoms with Gasteiger partial charge in [-0.05, 0) is 44.1 Å². The highest BCUT2D eigenvalue weighted by Gasteiger charge is 2.56. The smallest absolute Gasteiger partial charge is 0.323 e. The van der Waals surface area contributed by atoms with Gasteiger partial charge in [-0.15, -0.1) is 11.3 Å². The summed E-state index contributed by atoms with van der Waals surface area (Å²) in [7, 11) is 0. The van der Waals surface area contributed by atoms with Crippen LogP contribution >= 0.6 is 11.3 Å². The molecule has 2 aliphatic rings. The number of thiazole rings is 1. The van der Waals surface area contributed by atoms with Crippen LogP contribution in [0.15, 0.2) is 29.6 Å². The number of imide groups is 1. The van der Waals surface area contributed by atoms with E-state index in [0.29, 0.717) is 5.13 Å². The first-order valence-electron chi connectivity index (χ1n) is 10.4. The first kappa shape index (κ1) is 20.5. The summed E-state index contributed by atoms with van der Waals surface area (Å²) in [6.07, 6.45) is 5.25. The Kier molecular flexibility index (Phi) is 5.60. The quantitative estimate of drug-likeness (QED) is 0.628. The van der Waals surface area contributed by atoms with Crippen molar-refractivity contribution in [1.82, 2.24) is 15.2 Å². The zero-order chi connectivity index (χ0) is 21.3. The molecule has 7 nitrogen and oxygen atoms in total. The topological polar surface area (TPSA) is 91.4 Å². The molecule has 2 fully saturated rings. The Labute approximate surface area is 179 Å². The van der Waals surface area contributed by atoms with Crippen LogP contribution in [0.25, 0.3) is 11.3 Å². The number of benzene rings is 1. The maximum atomic E-state index is 12.6. The van der Waals surface area contributed by atoms with Crippen molar-refractivity contribution < 1.29 is 14.4 Å². The van der Waals surface area contributed by atoms with Crippen LogP contribution in [0.3, 0.4) is 0 Å². The number of hydrogen-bond acceptors (Lipinski definition) is 5. The summed E-state index contributed by atoms with van der Waals surface area (Å²) in [5, 5.41) is 7.78. The third kappa shape index (κ3) is 4.09. The molecule has 4 amide bonds. The standard InChI is InChI=1S/C22H26N4O3S/c1-3-4-5-14-6-8-15(9-7-14)17-13-30-20(23-17)24-18(27)12-26-19(28)22(2,16-10-11-16)25-21(26)29/h6-9,13,16H,3-5,10-12H2,1-2H3,(H,25,29)(H,23,24,27). The number of hydrogen-bond donors (Lipinski definition) is 2. The van der Waals surface area contributed by atoms with Crippen molar-refractivity contribution in [1.29, 1.82) is 0 Å². The average Bonchev–Trinajstić information content (AvgIpc) is 3.46. The number of rotatable bonds is 8. The lowest BCUT2D eigenvalue weighted by molar-refractivity contribution is -0.134. The van der Waals surface area contributed by atoms with Crippen molar-refractivity contribution >= 4 is 34.3 Å². The van der Waals surface area contributed by atoms with E-state index >= 15 is 0 Å². The molecule has 0 bridgehead atoms. The van der Waals surface area contributed by atoms with E-state index in [1.54, 1.807) is 6.92 Å². The van der Waals surface area contributed by atoms with Gasteiger partial charge in [0.15, 0.2) is 5.13 Å². The normalized spacial score (nSPS) is 21.1. The molecule has 2 N–H and O–H groups in total. The van der Waals surface area contributed by atoms with Crippen LogP contribution in [-0.4, -0.2) is 39.8 Å². The van der Waals surface area contributed by atoms with Crippen LogP contribution in [0.5, 0.6) is 0 Å². The Morgan fingerprint density at radius 3 is 2.70 bits per heavy atom. The molecule has 4 rings (SSSR count). The van der Waals surface area contributed by atoms with E-state index < -0.39 is 17.5 Å². The van der Waals surface area contributed by atoms with Crippen LogP contribution in [0.2, 0.25) is 0 Å². The van der Waals surface area contributed by atoms with Crippen molar-refractivity contribution in [2.75, 3.05) is 11.9 Å². The maximum Gasteiger partial charge on any atom is 0.325 e. The fourth-order valence-electron chi connectivity index (χ4n) is 3.79. The number of aryl methyl sites for hydroxylation is 1. The number of nitrogens with one attached hydrogen (secondary N) is 2. The Balaban J connectivity index is 1.36. The number of carbonyl (C=O) groups excluding carboxylic acids is 3. The lowest BCUT2D eigenvalue weighted by atomic mass is 9.96. The third-order valence-electron chi connectivity index (χ3n) is 5.82. The third-order valence-corrected chi connectivity index (χ3v) is 6.57. The Hall–Kier alpha value is -2.74. The first-order chi connectivity index (χ1) is 14.4. The van der Waals surface area contributed by atoms with Gasteiger partial charge in [0.25, 0.3) is 5.91 Å². The number of carbonyl (C=O) groups is 3. The van der Waals surface area contributed by atoms with Gasteiger partial charge in [-0.2, -0.15) is 0 Å². The van der Waals surface area contributed by atoms with Crippen molar-refractivity contribution in [3.8, 4) is 11.3 Å². The maximum absolute atomic E-state index is 12.6. The molecule has 8 heteroatoms. The Morgan fingerprint density at radius 1 is 1.30 bits per heavy atom. The molecule has 1 aromatic carbocycles. The molecular formula is C22H26N4O3S. The minimum Gasteiger partial charge on any atom is -0.323 e. The molecule has 2 aromatic rings. The lowest BCUT2D eigenvalue weighted by Gasteiger charge is -2.20. The van der Waals surface area contributed by atoms with E-state index in [-0.39, 0.29) is 18.4 Å². The monoisotopic (exact) mass is 426 g/mol. The number of anilines is 1. The van der Waals surface area contributed by atoms with Crippen LogP contribution < -0.4 is 10.6 Å². The Bertz CT molecular complexity index is 967. The second-order valence-corrected chi connectivity index (χ2v) is 9.04. The molecule has 0 spiro atoms. The number of amides is 4. The molecular weight excluding hydrogens is 400 g/mol. The molecule has 158 valence electrons. The van der Waals surface area contributed by atoms with Gasteiger partial charge in [0, 0.05) is 10.9 Å². The summed E-state index contributed by atoms with van der Waals surface area (Å²) >= 11 is 1.32.